The van der Waals surface area contributed by atoms with Gasteiger partial charge in [0.15, 0.2) is 0 Å². The van der Waals surface area contributed by atoms with Crippen LogP contribution in [-0.2, 0) is 0 Å². The van der Waals surface area contributed by atoms with E-state index in [0.29, 0.717) is 5.92 Å². The molecule has 1 aliphatic carbocycles. The first-order valence-corrected chi connectivity index (χ1v) is 6.00. The Labute approximate surface area is 96.4 Å². The van der Waals surface area contributed by atoms with E-state index < -0.39 is 0 Å². The molecule has 1 aromatic carbocycles. The third-order valence-corrected chi connectivity index (χ3v) is 3.54. The minimum Gasteiger partial charge on any atom is -0.496 e. The van der Waals surface area contributed by atoms with Crippen molar-refractivity contribution in [2.24, 2.45) is 5.92 Å². The molecule has 1 nitrogen and oxygen atoms in total. The highest BCUT2D eigenvalue weighted by molar-refractivity contribution is 6.18. The minimum absolute atomic E-state index is 0.538. The van der Waals surface area contributed by atoms with Gasteiger partial charge in [-0.2, -0.15) is 0 Å². The van der Waals surface area contributed by atoms with Crippen LogP contribution in [-0.4, -0.2) is 13.0 Å². The van der Waals surface area contributed by atoms with Crippen molar-refractivity contribution in [2.45, 2.75) is 25.7 Å². The lowest BCUT2D eigenvalue weighted by Gasteiger charge is -2.15. The Bertz CT molecular complexity index is 344. The van der Waals surface area contributed by atoms with Gasteiger partial charge in [-0.05, 0) is 42.9 Å². The van der Waals surface area contributed by atoms with Crippen molar-refractivity contribution >= 4 is 11.6 Å². The molecule has 0 radical (unpaired) electrons. The van der Waals surface area contributed by atoms with Crippen molar-refractivity contribution in [2.75, 3.05) is 13.0 Å². The number of hydrogen-bond donors (Lipinski definition) is 0. The van der Waals surface area contributed by atoms with Crippen LogP contribution in [0.25, 0.3) is 0 Å². The molecule has 0 aromatic heterocycles. The minimum atomic E-state index is 0.538. The summed E-state index contributed by atoms with van der Waals surface area (Å²) in [6, 6.07) is 6.41. The Morgan fingerprint density at radius 3 is 2.67 bits per heavy atom. The van der Waals surface area contributed by atoms with Gasteiger partial charge in [0.25, 0.3) is 0 Å². The Hall–Kier alpha value is -0.690. The zero-order chi connectivity index (χ0) is 10.8. The van der Waals surface area contributed by atoms with Crippen LogP contribution in [0.3, 0.4) is 0 Å². The summed E-state index contributed by atoms with van der Waals surface area (Å²) in [4.78, 5) is 0. The number of hydrogen-bond acceptors (Lipinski definition) is 1. The van der Waals surface area contributed by atoms with Gasteiger partial charge in [0.05, 0.1) is 7.11 Å². The largest absolute Gasteiger partial charge is 0.496 e. The van der Waals surface area contributed by atoms with Crippen LogP contribution < -0.4 is 4.74 Å². The smallest absolute Gasteiger partial charge is 0.121 e. The number of alkyl halides is 1. The van der Waals surface area contributed by atoms with Gasteiger partial charge < -0.3 is 4.74 Å². The molecule has 1 saturated carbocycles. The van der Waals surface area contributed by atoms with Crippen molar-refractivity contribution < 1.29 is 4.74 Å². The number of benzene rings is 1. The van der Waals surface area contributed by atoms with E-state index in [9.17, 15) is 0 Å². The summed E-state index contributed by atoms with van der Waals surface area (Å²) in [5.41, 5.74) is 2.57. The van der Waals surface area contributed by atoms with Gasteiger partial charge in [-0.25, -0.2) is 0 Å². The predicted molar refractivity (Wildman–Crippen MR) is 63.9 cm³/mol. The summed E-state index contributed by atoms with van der Waals surface area (Å²) >= 11 is 6.03. The predicted octanol–water partition coefficient (Wildman–Crippen LogP) is 3.74. The molecule has 0 saturated heterocycles. The summed E-state index contributed by atoms with van der Waals surface area (Å²) in [6.45, 7) is 2.08. The first kappa shape index (κ1) is 10.8. The number of halogens is 1. The summed E-state index contributed by atoms with van der Waals surface area (Å²) in [7, 11) is 1.71. The zero-order valence-corrected chi connectivity index (χ0v) is 10.1. The van der Waals surface area contributed by atoms with E-state index in [1.807, 2.05) is 6.07 Å². The topological polar surface area (TPSA) is 9.23 Å². The van der Waals surface area contributed by atoms with Crippen molar-refractivity contribution in [1.29, 1.82) is 0 Å². The number of aryl methyl sites for hydroxylation is 1. The highest BCUT2D eigenvalue weighted by atomic mass is 35.5. The molecule has 15 heavy (non-hydrogen) atoms. The fraction of sp³-hybridized carbons (Fsp3) is 0.538. The van der Waals surface area contributed by atoms with E-state index in [4.69, 9.17) is 16.3 Å². The van der Waals surface area contributed by atoms with Gasteiger partial charge in [-0.3, -0.25) is 0 Å². The maximum absolute atomic E-state index is 6.03. The first-order chi connectivity index (χ1) is 7.26. The molecule has 2 rings (SSSR count). The van der Waals surface area contributed by atoms with Crippen molar-refractivity contribution in [1.82, 2.24) is 0 Å². The molecule has 0 heterocycles. The van der Waals surface area contributed by atoms with Gasteiger partial charge in [0, 0.05) is 11.8 Å². The molecule has 1 atom stereocenters. The molecule has 0 amide bonds. The maximum atomic E-state index is 6.03. The molecule has 1 aliphatic rings. The number of ether oxygens (including phenoxy) is 1. The fourth-order valence-electron chi connectivity index (χ4n) is 2.12. The molecule has 1 unspecified atom stereocenters. The Morgan fingerprint density at radius 2 is 2.20 bits per heavy atom. The quantitative estimate of drug-likeness (QED) is 0.708. The van der Waals surface area contributed by atoms with E-state index >= 15 is 0 Å². The van der Waals surface area contributed by atoms with Crippen molar-refractivity contribution in [3.05, 3.63) is 29.3 Å². The SMILES string of the molecule is COc1ccc(C(CCl)C2CC2)cc1C. The van der Waals surface area contributed by atoms with E-state index in [1.54, 1.807) is 7.11 Å². The van der Waals surface area contributed by atoms with Crippen LogP contribution in [0.1, 0.15) is 29.9 Å². The second-order valence-corrected chi connectivity index (χ2v) is 4.64. The summed E-state index contributed by atoms with van der Waals surface area (Å²) < 4.78 is 5.26. The normalized spacial score (nSPS) is 17.5. The van der Waals surface area contributed by atoms with Gasteiger partial charge in [0.1, 0.15) is 5.75 Å². The van der Waals surface area contributed by atoms with Crippen molar-refractivity contribution in [3.63, 3.8) is 0 Å². The second-order valence-electron chi connectivity index (χ2n) is 4.33. The van der Waals surface area contributed by atoms with Crippen LogP contribution in [0.2, 0.25) is 0 Å². The first-order valence-electron chi connectivity index (χ1n) is 5.46. The second kappa shape index (κ2) is 4.44. The molecule has 1 fully saturated rings. The van der Waals surface area contributed by atoms with Gasteiger partial charge in [-0.1, -0.05) is 12.1 Å². The highest BCUT2D eigenvalue weighted by Gasteiger charge is 2.31. The van der Waals surface area contributed by atoms with Crippen LogP contribution in [0.15, 0.2) is 18.2 Å². The Balaban J connectivity index is 2.23. The van der Waals surface area contributed by atoms with Crippen LogP contribution >= 0.6 is 11.6 Å². The number of rotatable bonds is 4. The average molecular weight is 225 g/mol. The highest BCUT2D eigenvalue weighted by Crippen LogP contribution is 2.43. The summed E-state index contributed by atoms with van der Waals surface area (Å²) in [5.74, 6) is 3.05. The molecule has 0 aliphatic heterocycles. The maximum Gasteiger partial charge on any atom is 0.121 e. The Morgan fingerprint density at radius 1 is 1.47 bits per heavy atom. The molecular weight excluding hydrogens is 208 g/mol. The zero-order valence-electron chi connectivity index (χ0n) is 9.29. The standard InChI is InChI=1S/C13H17ClO/c1-9-7-11(5-6-13(9)15-2)12(8-14)10-3-4-10/h5-7,10,12H,3-4,8H2,1-2H3. The van der Waals surface area contributed by atoms with E-state index in [2.05, 4.69) is 19.1 Å². The molecule has 1 aromatic rings. The average Bonchev–Trinajstić information content (AvgIpc) is 3.03. The van der Waals surface area contributed by atoms with Crippen molar-refractivity contribution in [3.8, 4) is 5.75 Å². The van der Waals surface area contributed by atoms with Gasteiger partial charge >= 0.3 is 0 Å². The third kappa shape index (κ3) is 2.28. The lowest BCUT2D eigenvalue weighted by Crippen LogP contribution is -2.03. The molecule has 2 heteroatoms. The molecule has 0 bridgehead atoms. The number of methoxy groups -OCH3 is 1. The third-order valence-electron chi connectivity index (χ3n) is 3.20. The lowest BCUT2D eigenvalue weighted by atomic mass is 9.94. The fourth-order valence-corrected chi connectivity index (χ4v) is 2.55. The van der Waals surface area contributed by atoms with Gasteiger partial charge in [-0.15, -0.1) is 11.6 Å². The monoisotopic (exact) mass is 224 g/mol. The van der Waals surface area contributed by atoms with E-state index in [1.165, 1.54) is 24.0 Å². The molecule has 0 N–H and O–H groups in total. The summed E-state index contributed by atoms with van der Waals surface area (Å²) in [5, 5.41) is 0. The lowest BCUT2D eigenvalue weighted by molar-refractivity contribution is 0.411. The van der Waals surface area contributed by atoms with E-state index in [-0.39, 0.29) is 0 Å². The van der Waals surface area contributed by atoms with E-state index in [0.717, 1.165) is 17.5 Å². The van der Waals surface area contributed by atoms with Crippen LogP contribution in [0.5, 0.6) is 5.75 Å². The Kier molecular flexibility index (Phi) is 3.20. The molecule has 82 valence electrons. The van der Waals surface area contributed by atoms with Crippen LogP contribution in [0.4, 0.5) is 0 Å². The van der Waals surface area contributed by atoms with Gasteiger partial charge in [0.2, 0.25) is 0 Å². The molecule has 0 spiro atoms. The van der Waals surface area contributed by atoms with Crippen LogP contribution in [0, 0.1) is 12.8 Å². The molecular formula is C13H17ClO. The summed E-state index contributed by atoms with van der Waals surface area (Å²) in [6.07, 6.45) is 2.67.